The summed E-state index contributed by atoms with van der Waals surface area (Å²) in [5.74, 6) is -4.20. The number of hydrogen-bond donors (Lipinski definition) is 5. The molecule has 0 spiro atoms. The van der Waals surface area contributed by atoms with Gasteiger partial charge in [0.2, 0.25) is 0 Å². The minimum atomic E-state index is -2.00. The molecule has 0 bridgehead atoms. The van der Waals surface area contributed by atoms with E-state index in [1.54, 1.807) is 35.2 Å². The fourth-order valence-corrected chi connectivity index (χ4v) is 4.09. The van der Waals surface area contributed by atoms with E-state index in [9.17, 15) is 29.1 Å². The van der Waals surface area contributed by atoms with Crippen molar-refractivity contribution >= 4 is 46.1 Å². The number of benzene rings is 2. The number of aromatic amines is 1. The lowest BCUT2D eigenvalue weighted by atomic mass is 10.1. The fraction of sp³-hybridized carbons (Fsp3) is 0.240. The van der Waals surface area contributed by atoms with E-state index in [0.717, 1.165) is 0 Å². The molecule has 6 N–H and O–H groups in total. The lowest BCUT2D eigenvalue weighted by Crippen LogP contribution is -2.52. The summed E-state index contributed by atoms with van der Waals surface area (Å²) in [7, 11) is 0. The molecular weight excluding hydrogens is 482 g/mol. The number of carbonyl (C=O) groups is 5. The van der Waals surface area contributed by atoms with Gasteiger partial charge in [0, 0.05) is 43.3 Å². The van der Waals surface area contributed by atoms with Crippen LogP contribution in [-0.4, -0.2) is 92.8 Å². The van der Waals surface area contributed by atoms with Crippen LogP contribution in [0.4, 0.5) is 5.69 Å². The number of aliphatic hydroxyl groups is 1. The van der Waals surface area contributed by atoms with E-state index in [-0.39, 0.29) is 43.3 Å². The molecule has 2 heterocycles. The molecule has 1 aromatic heterocycles. The molecule has 12 heteroatoms. The molecule has 0 saturated carbocycles. The number of carboxylic acid groups (broad SMARTS) is 1. The Morgan fingerprint density at radius 3 is 2.22 bits per heavy atom. The maximum atomic E-state index is 13.1. The molecule has 1 aliphatic heterocycles. The monoisotopic (exact) mass is 507 g/mol. The minimum Gasteiger partial charge on any atom is -0.480 e. The molecular formula is C25H25N5O7. The molecule has 2 atom stereocenters. The summed E-state index contributed by atoms with van der Waals surface area (Å²) < 4.78 is 0. The molecule has 1 aliphatic rings. The number of carbonyl (C=O) groups excluding carboxylic acids is 4. The van der Waals surface area contributed by atoms with Crippen LogP contribution >= 0.6 is 0 Å². The number of fused-ring (bicyclic) bond motifs is 1. The number of nitrogens with two attached hydrogens (primary N) is 1. The van der Waals surface area contributed by atoms with E-state index in [2.05, 4.69) is 10.3 Å². The number of aliphatic hydroxyl groups excluding tert-OH is 1. The number of anilines is 1. The predicted molar refractivity (Wildman–Crippen MR) is 132 cm³/mol. The van der Waals surface area contributed by atoms with Gasteiger partial charge in [-0.25, -0.2) is 0 Å². The van der Waals surface area contributed by atoms with Gasteiger partial charge in [-0.15, -0.1) is 0 Å². The molecule has 1 fully saturated rings. The van der Waals surface area contributed by atoms with Crippen molar-refractivity contribution in [1.82, 2.24) is 14.8 Å². The number of nitrogens with one attached hydrogen (secondary N) is 2. The van der Waals surface area contributed by atoms with Gasteiger partial charge in [-0.05, 0) is 18.2 Å². The van der Waals surface area contributed by atoms with Crippen LogP contribution in [0.2, 0.25) is 0 Å². The van der Waals surface area contributed by atoms with Crippen molar-refractivity contribution < 1.29 is 34.2 Å². The van der Waals surface area contributed by atoms with E-state index >= 15 is 0 Å². The first-order valence-corrected chi connectivity index (χ1v) is 11.4. The van der Waals surface area contributed by atoms with Gasteiger partial charge in [0.25, 0.3) is 23.5 Å². The van der Waals surface area contributed by atoms with E-state index in [1.165, 1.54) is 23.2 Å². The second-order valence-corrected chi connectivity index (χ2v) is 8.51. The first-order valence-electron chi connectivity index (χ1n) is 11.4. The fourth-order valence-electron chi connectivity index (χ4n) is 4.09. The predicted octanol–water partition coefficient (Wildman–Crippen LogP) is 0.0465. The Bertz CT molecular complexity index is 1360. The largest absolute Gasteiger partial charge is 0.480 e. The van der Waals surface area contributed by atoms with Gasteiger partial charge in [-0.3, -0.25) is 24.0 Å². The number of rotatable bonds is 7. The van der Waals surface area contributed by atoms with Gasteiger partial charge >= 0.3 is 5.97 Å². The Labute approximate surface area is 210 Å². The van der Waals surface area contributed by atoms with Gasteiger partial charge in [0.15, 0.2) is 6.10 Å². The van der Waals surface area contributed by atoms with Crippen LogP contribution in [0.1, 0.15) is 20.7 Å². The highest BCUT2D eigenvalue weighted by molar-refractivity contribution is 6.45. The van der Waals surface area contributed by atoms with Gasteiger partial charge in [-0.2, -0.15) is 0 Å². The summed E-state index contributed by atoms with van der Waals surface area (Å²) in [6, 6.07) is 11.6. The van der Waals surface area contributed by atoms with Crippen LogP contribution in [0.15, 0.2) is 54.7 Å². The number of aromatic nitrogens is 1. The Balaban J connectivity index is 1.44. The van der Waals surface area contributed by atoms with E-state index in [0.29, 0.717) is 16.5 Å². The van der Waals surface area contributed by atoms with Crippen molar-refractivity contribution in [1.29, 1.82) is 0 Å². The lowest BCUT2D eigenvalue weighted by Gasteiger charge is -2.34. The van der Waals surface area contributed by atoms with E-state index in [1.807, 2.05) is 6.07 Å². The molecule has 1 saturated heterocycles. The van der Waals surface area contributed by atoms with Crippen molar-refractivity contribution in [2.24, 2.45) is 5.73 Å². The Morgan fingerprint density at radius 1 is 0.919 bits per heavy atom. The highest BCUT2D eigenvalue weighted by Gasteiger charge is 2.31. The summed E-state index contributed by atoms with van der Waals surface area (Å²) in [4.78, 5) is 67.7. The average molecular weight is 508 g/mol. The molecule has 2 aromatic carbocycles. The number of amides is 3. The zero-order chi connectivity index (χ0) is 26.7. The number of ketones is 1. The number of carboxylic acids is 1. The van der Waals surface area contributed by atoms with Gasteiger partial charge in [-0.1, -0.05) is 30.3 Å². The highest BCUT2D eigenvalue weighted by atomic mass is 16.4. The Kier molecular flexibility index (Phi) is 7.32. The number of H-pyrrole nitrogens is 1. The number of Topliss-reactive ketones (excluding diaryl/α,β-unsaturated/α-hetero) is 1. The third-order valence-electron chi connectivity index (χ3n) is 6.18. The standard InChI is InChI=1S/C25H25N5O7/c26-18(25(36)37)21(32)22(33)28-17-8-4-7-15-16(13-27-19(15)17)20(31)24(35)30-11-9-29(10-12-30)23(34)14-5-2-1-3-6-14/h1-8,13,18,21,27,32H,9-12,26H2,(H,28,33)(H,36,37). The van der Waals surface area contributed by atoms with Crippen molar-refractivity contribution in [3.63, 3.8) is 0 Å². The zero-order valence-corrected chi connectivity index (χ0v) is 19.6. The molecule has 3 amide bonds. The van der Waals surface area contributed by atoms with E-state index in [4.69, 9.17) is 10.8 Å². The number of aliphatic carboxylic acids is 1. The zero-order valence-electron chi connectivity index (χ0n) is 19.6. The second-order valence-electron chi connectivity index (χ2n) is 8.51. The average Bonchev–Trinajstić information content (AvgIpc) is 3.36. The molecule has 37 heavy (non-hydrogen) atoms. The minimum absolute atomic E-state index is 0.0849. The Hall–Kier alpha value is -4.55. The number of nitrogens with zero attached hydrogens (tertiary/aromatic N) is 2. The third-order valence-corrected chi connectivity index (χ3v) is 6.18. The smallest absolute Gasteiger partial charge is 0.323 e. The van der Waals surface area contributed by atoms with Crippen LogP contribution in [0, 0.1) is 0 Å². The van der Waals surface area contributed by atoms with Crippen LogP contribution in [0.25, 0.3) is 10.9 Å². The van der Waals surface area contributed by atoms with Crippen LogP contribution in [-0.2, 0) is 14.4 Å². The lowest BCUT2D eigenvalue weighted by molar-refractivity contribution is -0.144. The summed E-state index contributed by atoms with van der Waals surface area (Å²) >= 11 is 0. The van der Waals surface area contributed by atoms with Gasteiger partial charge in [0.05, 0.1) is 16.8 Å². The second kappa shape index (κ2) is 10.6. The summed E-state index contributed by atoms with van der Waals surface area (Å²) in [6.45, 7) is 0.984. The molecule has 12 nitrogen and oxygen atoms in total. The highest BCUT2D eigenvalue weighted by Crippen LogP contribution is 2.26. The number of hydrogen-bond acceptors (Lipinski definition) is 7. The van der Waals surface area contributed by atoms with Gasteiger partial charge < -0.3 is 36.0 Å². The first-order chi connectivity index (χ1) is 17.7. The molecule has 0 aliphatic carbocycles. The number of piperazine rings is 1. The molecule has 192 valence electrons. The van der Waals surface area contributed by atoms with Crippen molar-refractivity contribution in [2.75, 3.05) is 31.5 Å². The molecule has 2 unspecified atom stereocenters. The van der Waals surface area contributed by atoms with Gasteiger partial charge in [0.1, 0.15) is 6.04 Å². The molecule has 0 radical (unpaired) electrons. The quantitative estimate of drug-likeness (QED) is 0.219. The van der Waals surface area contributed by atoms with E-state index < -0.39 is 35.7 Å². The summed E-state index contributed by atoms with van der Waals surface area (Å²) in [5, 5.41) is 21.5. The van der Waals surface area contributed by atoms with Crippen LogP contribution < -0.4 is 11.1 Å². The first kappa shape index (κ1) is 25.5. The topological polar surface area (TPSA) is 186 Å². The summed E-state index contributed by atoms with van der Waals surface area (Å²) in [5.41, 5.74) is 6.41. The van der Waals surface area contributed by atoms with Crippen LogP contribution in [0.5, 0.6) is 0 Å². The molecule has 4 rings (SSSR count). The normalized spacial score (nSPS) is 15.2. The SMILES string of the molecule is NC(C(=O)O)C(O)C(=O)Nc1cccc2c(C(=O)C(=O)N3CCN(C(=O)c4ccccc4)CC3)c[nH]c12. The Morgan fingerprint density at radius 2 is 1.57 bits per heavy atom. The molecule has 3 aromatic rings. The van der Waals surface area contributed by atoms with Crippen molar-refractivity contribution in [3.8, 4) is 0 Å². The third kappa shape index (κ3) is 5.20. The summed E-state index contributed by atoms with van der Waals surface area (Å²) in [6.07, 6.45) is -0.660. The number of para-hydroxylation sites is 1. The maximum absolute atomic E-state index is 13.1. The van der Waals surface area contributed by atoms with Crippen molar-refractivity contribution in [2.45, 2.75) is 12.1 Å². The van der Waals surface area contributed by atoms with Crippen molar-refractivity contribution in [3.05, 3.63) is 65.9 Å². The maximum Gasteiger partial charge on any atom is 0.323 e. The van der Waals surface area contributed by atoms with Crippen LogP contribution in [0.3, 0.4) is 0 Å².